The third-order valence-electron chi connectivity index (χ3n) is 3.88. The van der Waals surface area contributed by atoms with Crippen molar-refractivity contribution >= 4 is 12.0 Å². The normalized spacial score (nSPS) is 16.2. The molecule has 0 radical (unpaired) electrons. The Hall–Kier alpha value is -2.03. The van der Waals surface area contributed by atoms with E-state index >= 15 is 0 Å². The van der Waals surface area contributed by atoms with Crippen molar-refractivity contribution in [3.63, 3.8) is 0 Å². The Morgan fingerprint density at radius 2 is 1.86 bits per heavy atom. The van der Waals surface area contributed by atoms with E-state index in [9.17, 15) is 4.79 Å². The zero-order valence-electron chi connectivity index (χ0n) is 13.1. The van der Waals surface area contributed by atoms with E-state index in [0.717, 1.165) is 24.2 Å². The van der Waals surface area contributed by atoms with Gasteiger partial charge in [-0.05, 0) is 36.6 Å². The van der Waals surface area contributed by atoms with Gasteiger partial charge in [-0.25, -0.2) is 0 Å². The van der Waals surface area contributed by atoms with Crippen molar-refractivity contribution in [2.24, 2.45) is 0 Å². The largest absolute Gasteiger partial charge is 0.490 e. The van der Waals surface area contributed by atoms with Crippen molar-refractivity contribution in [1.29, 1.82) is 0 Å². The lowest BCUT2D eigenvalue weighted by molar-refractivity contribution is -0.117. The Morgan fingerprint density at radius 1 is 1.18 bits per heavy atom. The van der Waals surface area contributed by atoms with E-state index in [-0.39, 0.29) is 5.91 Å². The summed E-state index contributed by atoms with van der Waals surface area (Å²) in [7, 11) is 0. The van der Waals surface area contributed by atoms with Gasteiger partial charge in [0.15, 0.2) is 0 Å². The van der Waals surface area contributed by atoms with E-state index in [4.69, 9.17) is 4.74 Å². The Bertz CT molecular complexity index is 497. The number of rotatable bonds is 6. The van der Waals surface area contributed by atoms with E-state index in [0.29, 0.717) is 12.6 Å². The summed E-state index contributed by atoms with van der Waals surface area (Å²) in [5.74, 6) is 0.804. The summed E-state index contributed by atoms with van der Waals surface area (Å²) in [5, 5.41) is 3.11. The highest BCUT2D eigenvalue weighted by atomic mass is 16.5. The quantitative estimate of drug-likeness (QED) is 0.488. The molecule has 0 atom stereocenters. The zero-order valence-corrected chi connectivity index (χ0v) is 13.1. The van der Waals surface area contributed by atoms with Gasteiger partial charge in [-0.2, -0.15) is 0 Å². The first-order valence-corrected chi connectivity index (χ1v) is 8.10. The first-order chi connectivity index (χ1) is 10.8. The molecule has 1 N–H and O–H groups in total. The number of hydrogen-bond acceptors (Lipinski definition) is 2. The van der Waals surface area contributed by atoms with Crippen LogP contribution in [0.5, 0.6) is 5.75 Å². The van der Waals surface area contributed by atoms with Crippen molar-refractivity contribution < 1.29 is 9.53 Å². The maximum absolute atomic E-state index is 12.0. The molecule has 0 saturated heterocycles. The molecular formula is C19H25NO2. The first kappa shape index (κ1) is 16.3. The molecule has 1 aliphatic carbocycles. The predicted molar refractivity (Wildman–Crippen MR) is 90.8 cm³/mol. The number of amides is 1. The summed E-state index contributed by atoms with van der Waals surface area (Å²) in [6, 6.07) is 8.01. The molecule has 1 aliphatic rings. The van der Waals surface area contributed by atoms with Crippen molar-refractivity contribution in [2.45, 2.75) is 44.6 Å². The minimum atomic E-state index is -0.00103. The van der Waals surface area contributed by atoms with Gasteiger partial charge in [0.05, 0.1) is 0 Å². The Kier molecular flexibility index (Phi) is 6.75. The minimum absolute atomic E-state index is 0.00103. The van der Waals surface area contributed by atoms with Crippen LogP contribution < -0.4 is 10.1 Å². The predicted octanol–water partition coefficient (Wildman–Crippen LogP) is 4.10. The van der Waals surface area contributed by atoms with Crippen molar-refractivity contribution in [3.8, 4) is 5.75 Å². The first-order valence-electron chi connectivity index (χ1n) is 8.10. The second kappa shape index (κ2) is 9.08. The van der Waals surface area contributed by atoms with E-state index in [2.05, 4.69) is 11.9 Å². The molecule has 1 saturated carbocycles. The summed E-state index contributed by atoms with van der Waals surface area (Å²) < 4.78 is 5.43. The molecule has 3 nitrogen and oxygen atoms in total. The summed E-state index contributed by atoms with van der Waals surface area (Å²) in [6.45, 7) is 4.11. The van der Waals surface area contributed by atoms with Crippen LogP contribution in [0.15, 0.2) is 43.0 Å². The van der Waals surface area contributed by atoms with Crippen molar-refractivity contribution in [1.82, 2.24) is 5.32 Å². The van der Waals surface area contributed by atoms with E-state index in [1.54, 1.807) is 12.2 Å². The lowest BCUT2D eigenvalue weighted by atomic mass is 10.1. The third kappa shape index (κ3) is 5.76. The van der Waals surface area contributed by atoms with Gasteiger partial charge in [0.25, 0.3) is 0 Å². The van der Waals surface area contributed by atoms with Crippen molar-refractivity contribution in [3.05, 3.63) is 48.6 Å². The fourth-order valence-electron chi connectivity index (χ4n) is 2.68. The smallest absolute Gasteiger partial charge is 0.244 e. The summed E-state index contributed by atoms with van der Waals surface area (Å²) in [6.07, 6.45) is 12.4. The van der Waals surface area contributed by atoms with E-state index in [1.165, 1.54) is 25.7 Å². The second-order valence-electron chi connectivity index (χ2n) is 5.70. The number of carbonyl (C=O) groups is 1. The van der Waals surface area contributed by atoms with Crippen LogP contribution in [0.2, 0.25) is 0 Å². The van der Waals surface area contributed by atoms with Crippen LogP contribution in [-0.2, 0) is 4.79 Å². The maximum atomic E-state index is 12.0. The van der Waals surface area contributed by atoms with Crippen LogP contribution >= 0.6 is 0 Å². The monoisotopic (exact) mass is 299 g/mol. The molecule has 1 amide bonds. The van der Waals surface area contributed by atoms with Gasteiger partial charge >= 0.3 is 0 Å². The molecule has 118 valence electrons. The van der Waals surface area contributed by atoms with Gasteiger partial charge in [-0.3, -0.25) is 4.79 Å². The molecule has 2 rings (SSSR count). The molecule has 0 aliphatic heterocycles. The molecule has 0 aromatic heterocycles. The highest BCUT2D eigenvalue weighted by Crippen LogP contribution is 2.17. The van der Waals surface area contributed by atoms with Gasteiger partial charge in [-0.15, -0.1) is 0 Å². The van der Waals surface area contributed by atoms with Crippen LogP contribution in [0.25, 0.3) is 6.08 Å². The maximum Gasteiger partial charge on any atom is 0.244 e. The van der Waals surface area contributed by atoms with Gasteiger partial charge in [0.1, 0.15) is 12.4 Å². The molecule has 1 aromatic rings. The average Bonchev–Trinajstić information content (AvgIpc) is 2.80. The molecule has 0 bridgehead atoms. The molecular weight excluding hydrogens is 274 g/mol. The fourth-order valence-corrected chi connectivity index (χ4v) is 2.68. The SMILES string of the molecule is C=CCOc1ccc(/C=C/C(=O)NC2CCCCCC2)cc1. The highest BCUT2D eigenvalue weighted by molar-refractivity contribution is 5.91. The standard InChI is InChI=1S/C19H25NO2/c1-2-15-22-18-12-9-16(10-13-18)11-14-19(21)20-17-7-5-3-4-6-8-17/h2,9-14,17H,1,3-8,15H2,(H,20,21)/b14-11+. The van der Waals surface area contributed by atoms with E-state index < -0.39 is 0 Å². The highest BCUT2D eigenvalue weighted by Gasteiger charge is 2.12. The van der Waals surface area contributed by atoms with Gasteiger partial charge < -0.3 is 10.1 Å². The van der Waals surface area contributed by atoms with Gasteiger partial charge in [0, 0.05) is 12.1 Å². The topological polar surface area (TPSA) is 38.3 Å². The molecule has 0 heterocycles. The molecule has 1 aromatic carbocycles. The Morgan fingerprint density at radius 3 is 2.50 bits per heavy atom. The zero-order chi connectivity index (χ0) is 15.6. The Balaban J connectivity index is 1.82. The molecule has 3 heteroatoms. The van der Waals surface area contributed by atoms with Crippen LogP contribution in [0.3, 0.4) is 0 Å². The lowest BCUT2D eigenvalue weighted by Gasteiger charge is -2.14. The molecule has 1 fully saturated rings. The van der Waals surface area contributed by atoms with E-state index in [1.807, 2.05) is 30.3 Å². The second-order valence-corrected chi connectivity index (χ2v) is 5.70. The van der Waals surface area contributed by atoms with Crippen LogP contribution in [0.1, 0.15) is 44.1 Å². The summed E-state index contributed by atoms with van der Waals surface area (Å²) in [4.78, 5) is 12.0. The number of ether oxygens (including phenoxy) is 1. The van der Waals surface area contributed by atoms with Crippen LogP contribution in [-0.4, -0.2) is 18.6 Å². The number of benzene rings is 1. The molecule has 0 unspecified atom stereocenters. The molecule has 0 spiro atoms. The summed E-state index contributed by atoms with van der Waals surface area (Å²) >= 11 is 0. The Labute approximate surface area is 133 Å². The minimum Gasteiger partial charge on any atom is -0.490 e. The van der Waals surface area contributed by atoms with Gasteiger partial charge in [-0.1, -0.05) is 50.5 Å². The number of nitrogens with one attached hydrogen (secondary N) is 1. The fraction of sp³-hybridized carbons (Fsp3) is 0.421. The average molecular weight is 299 g/mol. The third-order valence-corrected chi connectivity index (χ3v) is 3.88. The van der Waals surface area contributed by atoms with Gasteiger partial charge in [0.2, 0.25) is 5.91 Å². The molecule has 22 heavy (non-hydrogen) atoms. The van der Waals surface area contributed by atoms with Crippen molar-refractivity contribution in [2.75, 3.05) is 6.61 Å². The lowest BCUT2D eigenvalue weighted by Crippen LogP contribution is -2.33. The number of hydrogen-bond donors (Lipinski definition) is 1. The number of carbonyl (C=O) groups excluding carboxylic acids is 1. The van der Waals surface area contributed by atoms with Crippen LogP contribution in [0.4, 0.5) is 0 Å². The summed E-state index contributed by atoms with van der Waals surface area (Å²) in [5.41, 5.74) is 0.988. The van der Waals surface area contributed by atoms with Crippen LogP contribution in [0, 0.1) is 0 Å².